The summed E-state index contributed by atoms with van der Waals surface area (Å²) in [4.78, 5) is 14.9. The van der Waals surface area contributed by atoms with Gasteiger partial charge in [0.2, 0.25) is 5.82 Å². The molecular formula is C19H21F2N7. The number of benzene rings is 1. The number of hydrogen-bond acceptors (Lipinski definition) is 6. The number of halogens is 2. The van der Waals surface area contributed by atoms with Gasteiger partial charge < -0.3 is 14.8 Å². The minimum atomic E-state index is -0.713. The molecule has 0 saturated heterocycles. The van der Waals surface area contributed by atoms with Crippen LogP contribution in [0.3, 0.4) is 0 Å². The second kappa shape index (κ2) is 8.71. The average Bonchev–Trinajstić information content (AvgIpc) is 3.04. The Morgan fingerprint density at radius 3 is 2.61 bits per heavy atom. The Bertz CT molecular complexity index is 989. The zero-order valence-electron chi connectivity index (χ0n) is 15.8. The summed E-state index contributed by atoms with van der Waals surface area (Å²) in [5, 5.41) is 12.1. The van der Waals surface area contributed by atoms with Crippen molar-refractivity contribution < 1.29 is 8.78 Å². The molecule has 0 aliphatic heterocycles. The summed E-state index contributed by atoms with van der Waals surface area (Å²) in [5.74, 6) is -1.24. The first kappa shape index (κ1) is 19.6. The number of rotatable bonds is 8. The fraction of sp³-hybridized carbons (Fsp3) is 0.368. The van der Waals surface area contributed by atoms with Gasteiger partial charge in [0, 0.05) is 18.3 Å². The Labute approximate surface area is 161 Å². The molecule has 0 atom stereocenters. The number of nitrogens with zero attached hydrogens (tertiary/aromatic N) is 6. The van der Waals surface area contributed by atoms with Crippen molar-refractivity contribution in [3.63, 3.8) is 0 Å². The molecule has 0 radical (unpaired) electrons. The van der Waals surface area contributed by atoms with Gasteiger partial charge in [-0.05, 0) is 45.1 Å². The lowest BCUT2D eigenvalue weighted by molar-refractivity contribution is 0.322. The van der Waals surface area contributed by atoms with Crippen molar-refractivity contribution in [2.24, 2.45) is 0 Å². The second-order valence-electron chi connectivity index (χ2n) is 6.56. The highest BCUT2D eigenvalue weighted by molar-refractivity contribution is 5.85. The Morgan fingerprint density at radius 1 is 1.18 bits per heavy atom. The van der Waals surface area contributed by atoms with Crippen LogP contribution in [-0.4, -0.2) is 44.6 Å². The fourth-order valence-corrected chi connectivity index (χ4v) is 3.01. The highest BCUT2D eigenvalue weighted by atomic mass is 19.1. The number of nitriles is 1. The van der Waals surface area contributed by atoms with E-state index < -0.39 is 11.6 Å². The molecule has 0 amide bonds. The van der Waals surface area contributed by atoms with Gasteiger partial charge in [-0.25, -0.2) is 13.8 Å². The molecule has 1 N–H and O–H groups in total. The number of anilines is 2. The Hall–Kier alpha value is -3.12. The van der Waals surface area contributed by atoms with E-state index in [1.165, 1.54) is 0 Å². The molecule has 2 heterocycles. The molecule has 0 fully saturated rings. The predicted octanol–water partition coefficient (Wildman–Crippen LogP) is 3.45. The molecule has 0 spiro atoms. The number of aromatic nitrogens is 4. The standard InChI is InChI=1S/C19H21F2N7/c1-3-5-27(2)6-4-7-28-12-23-17-18(25-16(11-22)26-19(17)28)24-15-9-13(20)8-14(21)10-15/h8-10,12H,3-7H2,1-2H3,(H,24,25,26). The fourth-order valence-electron chi connectivity index (χ4n) is 3.01. The highest BCUT2D eigenvalue weighted by Crippen LogP contribution is 2.24. The van der Waals surface area contributed by atoms with Crippen molar-refractivity contribution in [3.05, 3.63) is 42.0 Å². The summed E-state index contributed by atoms with van der Waals surface area (Å²) < 4.78 is 28.8. The van der Waals surface area contributed by atoms with Gasteiger partial charge in [-0.3, -0.25) is 0 Å². The van der Waals surface area contributed by atoms with Gasteiger partial charge in [-0.1, -0.05) is 6.92 Å². The summed E-state index contributed by atoms with van der Waals surface area (Å²) >= 11 is 0. The van der Waals surface area contributed by atoms with E-state index >= 15 is 0 Å². The van der Waals surface area contributed by atoms with E-state index in [9.17, 15) is 14.0 Å². The van der Waals surface area contributed by atoms with Crippen LogP contribution in [0.2, 0.25) is 0 Å². The molecule has 7 nitrogen and oxygen atoms in total. The van der Waals surface area contributed by atoms with E-state index in [-0.39, 0.29) is 17.3 Å². The Balaban J connectivity index is 1.87. The van der Waals surface area contributed by atoms with Gasteiger partial charge in [0.05, 0.1) is 6.33 Å². The lowest BCUT2D eigenvalue weighted by Gasteiger charge is -2.15. The molecule has 0 unspecified atom stereocenters. The largest absolute Gasteiger partial charge is 0.338 e. The number of aryl methyl sites for hydroxylation is 1. The quantitative estimate of drug-likeness (QED) is 0.639. The maximum Gasteiger partial charge on any atom is 0.236 e. The van der Waals surface area contributed by atoms with Crippen LogP contribution in [0.4, 0.5) is 20.3 Å². The molecule has 146 valence electrons. The van der Waals surface area contributed by atoms with E-state index in [4.69, 9.17) is 0 Å². The molecule has 28 heavy (non-hydrogen) atoms. The maximum absolute atomic E-state index is 13.5. The highest BCUT2D eigenvalue weighted by Gasteiger charge is 2.14. The van der Waals surface area contributed by atoms with Crippen LogP contribution in [0.25, 0.3) is 11.2 Å². The molecule has 0 bridgehead atoms. The van der Waals surface area contributed by atoms with E-state index in [1.807, 2.05) is 10.6 Å². The van der Waals surface area contributed by atoms with Crippen LogP contribution in [0.1, 0.15) is 25.6 Å². The van der Waals surface area contributed by atoms with Crippen molar-refractivity contribution in [1.29, 1.82) is 5.26 Å². The summed E-state index contributed by atoms with van der Waals surface area (Å²) in [6, 6.07) is 4.98. The van der Waals surface area contributed by atoms with Crippen LogP contribution in [0, 0.1) is 23.0 Å². The van der Waals surface area contributed by atoms with Gasteiger partial charge in [0.25, 0.3) is 0 Å². The molecule has 9 heteroatoms. The summed E-state index contributed by atoms with van der Waals surface area (Å²) in [6.07, 6.45) is 3.63. The van der Waals surface area contributed by atoms with Crippen LogP contribution < -0.4 is 5.32 Å². The van der Waals surface area contributed by atoms with E-state index in [1.54, 1.807) is 6.33 Å². The first-order valence-electron chi connectivity index (χ1n) is 9.04. The number of imidazole rings is 1. The maximum atomic E-state index is 13.5. The average molecular weight is 385 g/mol. The molecule has 3 rings (SSSR count). The molecule has 2 aromatic heterocycles. The minimum absolute atomic E-state index is 0.0447. The van der Waals surface area contributed by atoms with Crippen LogP contribution in [0.5, 0.6) is 0 Å². The van der Waals surface area contributed by atoms with Crippen LogP contribution in [-0.2, 0) is 6.54 Å². The van der Waals surface area contributed by atoms with E-state index in [0.29, 0.717) is 17.7 Å². The first-order chi connectivity index (χ1) is 13.5. The van der Waals surface area contributed by atoms with Gasteiger partial charge in [-0.2, -0.15) is 15.2 Å². The lowest BCUT2D eigenvalue weighted by Crippen LogP contribution is -2.21. The van der Waals surface area contributed by atoms with Gasteiger partial charge >= 0.3 is 0 Å². The third-order valence-corrected chi connectivity index (χ3v) is 4.23. The third kappa shape index (κ3) is 4.58. The minimum Gasteiger partial charge on any atom is -0.338 e. The van der Waals surface area contributed by atoms with Crippen molar-refractivity contribution in [1.82, 2.24) is 24.4 Å². The van der Waals surface area contributed by atoms with Crippen LogP contribution >= 0.6 is 0 Å². The third-order valence-electron chi connectivity index (χ3n) is 4.23. The van der Waals surface area contributed by atoms with Crippen molar-refractivity contribution in [3.8, 4) is 6.07 Å². The van der Waals surface area contributed by atoms with Crippen LogP contribution in [0.15, 0.2) is 24.5 Å². The number of nitrogens with one attached hydrogen (secondary N) is 1. The first-order valence-corrected chi connectivity index (χ1v) is 9.04. The number of fused-ring (bicyclic) bond motifs is 1. The summed E-state index contributed by atoms with van der Waals surface area (Å²) in [5.41, 5.74) is 1.12. The monoisotopic (exact) mass is 385 g/mol. The molecule has 1 aromatic carbocycles. The summed E-state index contributed by atoms with van der Waals surface area (Å²) in [7, 11) is 2.08. The molecule has 0 aliphatic rings. The Kier molecular flexibility index (Phi) is 6.11. The zero-order valence-corrected chi connectivity index (χ0v) is 15.8. The van der Waals surface area contributed by atoms with E-state index in [0.717, 1.165) is 44.1 Å². The lowest BCUT2D eigenvalue weighted by atomic mass is 10.3. The predicted molar refractivity (Wildman–Crippen MR) is 102 cm³/mol. The number of hydrogen-bond donors (Lipinski definition) is 1. The van der Waals surface area contributed by atoms with Gasteiger partial charge in [-0.15, -0.1) is 0 Å². The van der Waals surface area contributed by atoms with E-state index in [2.05, 4.69) is 39.1 Å². The molecule has 3 aromatic rings. The summed E-state index contributed by atoms with van der Waals surface area (Å²) in [6.45, 7) is 4.78. The molecular weight excluding hydrogens is 364 g/mol. The topological polar surface area (TPSA) is 82.7 Å². The van der Waals surface area contributed by atoms with Gasteiger partial charge in [0.15, 0.2) is 17.0 Å². The van der Waals surface area contributed by atoms with Crippen molar-refractivity contribution in [2.45, 2.75) is 26.3 Å². The SMILES string of the molecule is CCCN(C)CCCn1cnc2c(Nc3cc(F)cc(F)c3)nc(C#N)nc21. The second-order valence-corrected chi connectivity index (χ2v) is 6.56. The Morgan fingerprint density at radius 2 is 1.93 bits per heavy atom. The van der Waals surface area contributed by atoms with Crippen molar-refractivity contribution >= 4 is 22.7 Å². The zero-order chi connectivity index (χ0) is 20.1. The smallest absolute Gasteiger partial charge is 0.236 e. The normalized spacial score (nSPS) is 11.1. The van der Waals surface area contributed by atoms with Gasteiger partial charge in [0.1, 0.15) is 17.7 Å². The molecule has 0 saturated carbocycles. The van der Waals surface area contributed by atoms with Crippen molar-refractivity contribution in [2.75, 3.05) is 25.5 Å². The molecule has 0 aliphatic carbocycles.